The Labute approximate surface area is 521 Å². The van der Waals surface area contributed by atoms with Crippen molar-refractivity contribution < 1.29 is 0 Å². The molecule has 0 bridgehead atoms. The first-order valence-electron chi connectivity index (χ1n) is 31.0. The van der Waals surface area contributed by atoms with Crippen LogP contribution in [-0.2, 0) is 0 Å². The van der Waals surface area contributed by atoms with Crippen molar-refractivity contribution in [3.05, 3.63) is 309 Å². The number of aromatic nitrogens is 6. The van der Waals surface area contributed by atoms with Crippen molar-refractivity contribution in [2.24, 2.45) is 9.98 Å². The van der Waals surface area contributed by atoms with Gasteiger partial charge in [-0.2, -0.15) is 0 Å². The monoisotopic (exact) mass is 1160 g/mol. The van der Waals surface area contributed by atoms with Crippen LogP contribution >= 0.6 is 0 Å². The topological polar surface area (TPSA) is 54.3 Å². The summed E-state index contributed by atoms with van der Waals surface area (Å²) < 4.78 is 14.3. The lowest BCUT2D eigenvalue weighted by molar-refractivity contribution is 1.14. The average molecular weight is 1160 g/mol. The maximum Gasteiger partial charge on any atom is 0.163 e. The van der Waals surface area contributed by atoms with Gasteiger partial charge in [-0.05, 0) is 104 Å². The Morgan fingerprint density at radius 1 is 0.242 bits per heavy atom. The van der Waals surface area contributed by atoms with Gasteiger partial charge in [0.15, 0.2) is 5.84 Å². The number of benzene rings is 13. The van der Waals surface area contributed by atoms with E-state index in [-0.39, 0.29) is 0 Å². The van der Waals surface area contributed by atoms with Crippen LogP contribution in [0.3, 0.4) is 0 Å². The van der Waals surface area contributed by atoms with Gasteiger partial charge in [0.1, 0.15) is 11.7 Å². The summed E-state index contributed by atoms with van der Waals surface area (Å²) in [5, 5.41) is 13.9. The van der Waals surface area contributed by atoms with Gasteiger partial charge in [-0.15, -0.1) is 0 Å². The number of hydrogen-bond donors (Lipinski definition) is 0. The van der Waals surface area contributed by atoms with E-state index in [4.69, 9.17) is 16.6 Å². The quantitative estimate of drug-likeness (QED) is 0.113. The van der Waals surface area contributed by atoms with Crippen molar-refractivity contribution in [3.8, 4) is 22.7 Å². The fourth-order valence-corrected chi connectivity index (χ4v) is 15.2. The zero-order chi connectivity index (χ0) is 60.0. The van der Waals surface area contributed by atoms with Crippen molar-refractivity contribution in [2.75, 3.05) is 0 Å². The van der Waals surface area contributed by atoms with E-state index in [0.29, 0.717) is 11.7 Å². The molecule has 19 rings (SSSR count). The van der Waals surface area contributed by atoms with Crippen LogP contribution in [0.15, 0.2) is 314 Å². The summed E-state index contributed by atoms with van der Waals surface area (Å²) in [7, 11) is 0. The minimum Gasteiger partial charge on any atom is -0.307 e. The third-order valence-corrected chi connectivity index (χ3v) is 18.9. The number of aliphatic imine (C=N–C) groups is 2. The molecule has 0 fully saturated rings. The lowest BCUT2D eigenvalue weighted by Crippen LogP contribution is -2.12. The molecular formula is C83H54N8. The van der Waals surface area contributed by atoms with Crippen LogP contribution in [0.25, 0.3) is 159 Å². The number of amidine groups is 1. The number of para-hydroxylation sites is 9. The van der Waals surface area contributed by atoms with E-state index >= 15 is 0 Å². The van der Waals surface area contributed by atoms with E-state index < -0.39 is 0 Å². The van der Waals surface area contributed by atoms with E-state index in [1.807, 2.05) is 0 Å². The second-order valence-corrected chi connectivity index (χ2v) is 23.8. The van der Waals surface area contributed by atoms with E-state index in [1.54, 1.807) is 0 Å². The zero-order valence-electron chi connectivity index (χ0n) is 49.6. The molecule has 19 aromatic rings. The molecule has 0 saturated heterocycles. The van der Waals surface area contributed by atoms with Crippen molar-refractivity contribution in [2.45, 2.75) is 6.92 Å². The van der Waals surface area contributed by atoms with Crippen LogP contribution in [0.5, 0.6) is 0 Å². The Balaban J connectivity index is 0.885. The lowest BCUT2D eigenvalue weighted by atomic mass is 10.1. The standard InChI is InChI=1S/C83H54N8/c1-52(86-71-36-18-12-30-59(71)65-46-48-67-61-32-14-20-38-73(61)88(79(67)77(65)86)55-24-6-3-7-25-55)84-83(85-53(2)87-72-37-19-13-31-60(72)66-47-49-68-62-33-15-21-39-74(62)89(80(68)78(66)87)56-26-8-4-9-27-56)54-42-44-58(45-43-54)91-76-41-23-17-35-64(76)70-51-50-69-63-34-16-22-40-75(63)90(81(69)82(70)91)57-28-10-5-11-29-57/h3-51H,1H2,2H3/b84-83-,85-53+. The zero-order valence-corrected chi connectivity index (χ0v) is 49.6. The highest BCUT2D eigenvalue weighted by atomic mass is 15.2. The maximum absolute atomic E-state index is 5.86. The molecule has 0 aliphatic heterocycles. The summed E-state index contributed by atoms with van der Waals surface area (Å²) in [5.74, 6) is 1.81. The molecule has 0 spiro atoms. The minimum absolute atomic E-state index is 0.520. The molecule has 13 aromatic carbocycles. The fourth-order valence-electron chi connectivity index (χ4n) is 15.2. The molecule has 0 saturated carbocycles. The Morgan fingerprint density at radius 2 is 0.505 bits per heavy atom. The van der Waals surface area contributed by atoms with Gasteiger partial charge in [0, 0.05) is 92.9 Å². The van der Waals surface area contributed by atoms with Crippen molar-refractivity contribution >= 4 is 148 Å². The number of nitrogens with zero attached hydrogens (tertiary/aromatic N) is 8. The van der Waals surface area contributed by atoms with E-state index in [9.17, 15) is 0 Å². The third kappa shape index (κ3) is 7.33. The molecule has 0 radical (unpaired) electrons. The van der Waals surface area contributed by atoms with Gasteiger partial charge in [-0.25, -0.2) is 9.98 Å². The SMILES string of the molecule is C=C(/N=C(\N=C(/C)n1c2ccccc2c2ccc3c4ccccc4n(-c4ccccc4)c3c21)c1ccc(-n2c3ccccc3c3ccc4c5ccccc5n(-c5ccccc5)c4c32)cc1)n1c2ccccc2c2ccc3c4ccccc4n(-c4ccccc4)c3c21. The van der Waals surface area contributed by atoms with Crippen molar-refractivity contribution in [1.82, 2.24) is 27.4 Å². The Bertz CT molecular complexity index is 6320. The first-order valence-corrected chi connectivity index (χ1v) is 31.0. The first-order chi connectivity index (χ1) is 45.1. The number of hydrogen-bond acceptors (Lipinski definition) is 1. The third-order valence-electron chi connectivity index (χ3n) is 18.9. The second-order valence-electron chi connectivity index (χ2n) is 23.8. The Hall–Kier alpha value is -12.3. The molecule has 0 N–H and O–H groups in total. The normalized spacial score (nSPS) is 12.6. The first kappa shape index (κ1) is 50.8. The van der Waals surface area contributed by atoms with Crippen LogP contribution in [0.1, 0.15) is 12.5 Å². The number of fused-ring (bicyclic) bond motifs is 21. The van der Waals surface area contributed by atoms with Gasteiger partial charge in [0.2, 0.25) is 0 Å². The lowest BCUT2D eigenvalue weighted by Gasteiger charge is -2.15. The summed E-state index contributed by atoms with van der Waals surface area (Å²) in [6.07, 6.45) is 0. The summed E-state index contributed by atoms with van der Waals surface area (Å²) in [6.45, 7) is 7.12. The fraction of sp³-hybridized carbons (Fsp3) is 0.0120. The molecule has 426 valence electrons. The van der Waals surface area contributed by atoms with Gasteiger partial charge < -0.3 is 18.3 Å². The van der Waals surface area contributed by atoms with Crippen LogP contribution in [0, 0.1) is 0 Å². The van der Waals surface area contributed by atoms with Crippen LogP contribution in [0.4, 0.5) is 0 Å². The summed E-state index contributed by atoms with van der Waals surface area (Å²) >= 11 is 0. The molecule has 0 unspecified atom stereocenters. The average Bonchev–Trinajstić information content (AvgIpc) is 1.58. The predicted octanol–water partition coefficient (Wildman–Crippen LogP) is 21.1. The predicted molar refractivity (Wildman–Crippen MR) is 383 cm³/mol. The van der Waals surface area contributed by atoms with Crippen LogP contribution in [0.2, 0.25) is 0 Å². The highest BCUT2D eigenvalue weighted by Gasteiger charge is 2.26. The molecule has 0 aliphatic carbocycles. The van der Waals surface area contributed by atoms with Crippen LogP contribution in [-0.4, -0.2) is 39.1 Å². The van der Waals surface area contributed by atoms with E-state index in [0.717, 1.165) is 127 Å². The summed E-state index contributed by atoms with van der Waals surface area (Å²) in [6, 6.07) is 107. The smallest absolute Gasteiger partial charge is 0.163 e. The summed E-state index contributed by atoms with van der Waals surface area (Å²) in [4.78, 5) is 11.6. The molecule has 6 heterocycles. The van der Waals surface area contributed by atoms with Crippen molar-refractivity contribution in [1.29, 1.82) is 0 Å². The summed E-state index contributed by atoms with van der Waals surface area (Å²) in [5.41, 5.74) is 18.3. The second kappa shape index (κ2) is 19.6. The maximum atomic E-state index is 5.86. The largest absolute Gasteiger partial charge is 0.307 e. The van der Waals surface area contributed by atoms with Gasteiger partial charge >= 0.3 is 0 Å². The molecular weight excluding hydrogens is 1110 g/mol. The van der Waals surface area contributed by atoms with E-state index in [2.05, 4.69) is 332 Å². The van der Waals surface area contributed by atoms with Gasteiger partial charge in [0.05, 0.1) is 66.2 Å². The molecule has 8 nitrogen and oxygen atoms in total. The Kier molecular flexibility index (Phi) is 11.0. The van der Waals surface area contributed by atoms with Crippen LogP contribution < -0.4 is 0 Å². The highest BCUT2D eigenvalue weighted by molar-refractivity contribution is 6.28. The molecule has 0 atom stereocenters. The molecule has 91 heavy (non-hydrogen) atoms. The number of rotatable bonds is 7. The molecule has 8 heteroatoms. The molecule has 6 aromatic heterocycles. The van der Waals surface area contributed by atoms with Gasteiger partial charge in [-0.1, -0.05) is 207 Å². The van der Waals surface area contributed by atoms with Gasteiger partial charge in [0.25, 0.3) is 0 Å². The highest BCUT2D eigenvalue weighted by Crippen LogP contribution is 2.45. The minimum atomic E-state index is 0.520. The van der Waals surface area contributed by atoms with E-state index in [1.165, 1.54) is 37.7 Å². The molecule has 0 amide bonds. The van der Waals surface area contributed by atoms with Crippen molar-refractivity contribution in [3.63, 3.8) is 0 Å². The Morgan fingerprint density at radius 3 is 0.868 bits per heavy atom. The van der Waals surface area contributed by atoms with Gasteiger partial charge in [-0.3, -0.25) is 9.13 Å². The molecule has 0 aliphatic rings.